The summed E-state index contributed by atoms with van der Waals surface area (Å²) in [5.41, 5.74) is 3.33. The summed E-state index contributed by atoms with van der Waals surface area (Å²) in [7, 11) is -3.57. The lowest BCUT2D eigenvalue weighted by molar-refractivity contribution is -0.126. The minimum atomic E-state index is -3.57. The molecule has 2 aromatic carbocycles. The summed E-state index contributed by atoms with van der Waals surface area (Å²) in [5.74, 6) is -0.218. The molecular formula is C25H27N3O3S. The van der Waals surface area contributed by atoms with Gasteiger partial charge < -0.3 is 5.32 Å². The monoisotopic (exact) mass is 449 g/mol. The Labute approximate surface area is 189 Å². The molecule has 3 aromatic rings. The Bertz CT molecular complexity index is 1140. The highest BCUT2D eigenvalue weighted by molar-refractivity contribution is 7.89. The molecule has 0 aliphatic carbocycles. The molecule has 166 valence electrons. The first-order valence-electron chi connectivity index (χ1n) is 10.8. The van der Waals surface area contributed by atoms with E-state index in [0.29, 0.717) is 25.9 Å². The molecule has 0 bridgehead atoms. The average Bonchev–Trinajstić information content (AvgIpc) is 2.85. The lowest BCUT2D eigenvalue weighted by Gasteiger charge is -2.31. The number of carbonyl (C=O) groups excluding carboxylic acids is 1. The Balaban J connectivity index is 1.33. The standard InChI is InChI=1S/C25H27N3O3S/c1-19(20-9-11-22(12-10-20)21-6-3-2-4-7-21)27-25(29)23-13-16-28(17-14-23)32(30,31)24-8-5-15-26-18-24/h2-12,15,18-19,23H,13-14,16-17H2,1H3,(H,27,29). The van der Waals surface area contributed by atoms with Crippen LogP contribution in [0.1, 0.15) is 31.4 Å². The Morgan fingerprint density at radius 1 is 0.969 bits per heavy atom. The molecule has 0 radical (unpaired) electrons. The zero-order valence-corrected chi connectivity index (χ0v) is 18.8. The van der Waals surface area contributed by atoms with Crippen LogP contribution in [0.25, 0.3) is 11.1 Å². The van der Waals surface area contributed by atoms with E-state index in [9.17, 15) is 13.2 Å². The number of nitrogens with zero attached hydrogens (tertiary/aromatic N) is 2. The van der Waals surface area contributed by atoms with Crippen LogP contribution >= 0.6 is 0 Å². The van der Waals surface area contributed by atoms with Gasteiger partial charge >= 0.3 is 0 Å². The van der Waals surface area contributed by atoms with Crippen molar-refractivity contribution < 1.29 is 13.2 Å². The maximum atomic E-state index is 12.8. The van der Waals surface area contributed by atoms with E-state index < -0.39 is 10.0 Å². The number of piperidine rings is 1. The van der Waals surface area contributed by atoms with Gasteiger partial charge in [0.2, 0.25) is 15.9 Å². The Kier molecular flexibility index (Phi) is 6.67. The zero-order valence-electron chi connectivity index (χ0n) is 18.0. The second kappa shape index (κ2) is 9.63. The molecule has 1 fully saturated rings. The molecule has 1 aromatic heterocycles. The summed E-state index contributed by atoms with van der Waals surface area (Å²) < 4.78 is 26.9. The number of aromatic nitrogens is 1. The fourth-order valence-electron chi connectivity index (χ4n) is 4.02. The van der Waals surface area contributed by atoms with Crippen molar-refractivity contribution in [2.45, 2.75) is 30.7 Å². The van der Waals surface area contributed by atoms with Gasteiger partial charge in [0.05, 0.1) is 6.04 Å². The topological polar surface area (TPSA) is 79.4 Å². The van der Waals surface area contributed by atoms with E-state index in [-0.39, 0.29) is 22.8 Å². The molecule has 1 atom stereocenters. The van der Waals surface area contributed by atoms with Gasteiger partial charge in [0, 0.05) is 31.4 Å². The summed E-state index contributed by atoms with van der Waals surface area (Å²) in [5, 5.41) is 3.09. The Morgan fingerprint density at radius 3 is 2.25 bits per heavy atom. The molecule has 4 rings (SSSR count). The van der Waals surface area contributed by atoms with Gasteiger partial charge in [-0.3, -0.25) is 9.78 Å². The van der Waals surface area contributed by atoms with Crippen molar-refractivity contribution in [3.8, 4) is 11.1 Å². The second-order valence-electron chi connectivity index (χ2n) is 8.09. The fraction of sp³-hybridized carbons (Fsp3) is 0.280. The van der Waals surface area contributed by atoms with E-state index in [1.165, 1.54) is 10.5 Å². The van der Waals surface area contributed by atoms with E-state index in [1.807, 2.05) is 37.3 Å². The highest BCUT2D eigenvalue weighted by atomic mass is 32.2. The summed E-state index contributed by atoms with van der Waals surface area (Å²) in [6, 6.07) is 21.4. The van der Waals surface area contributed by atoms with Gasteiger partial charge in [-0.1, -0.05) is 54.6 Å². The summed E-state index contributed by atoms with van der Waals surface area (Å²) in [6.45, 7) is 2.63. The van der Waals surface area contributed by atoms with Crippen LogP contribution in [-0.4, -0.2) is 36.7 Å². The molecular weight excluding hydrogens is 422 g/mol. The van der Waals surface area contributed by atoms with Gasteiger partial charge in [-0.15, -0.1) is 0 Å². The number of amides is 1. The number of nitrogens with one attached hydrogen (secondary N) is 1. The van der Waals surface area contributed by atoms with E-state index in [2.05, 4.69) is 34.6 Å². The van der Waals surface area contributed by atoms with Crippen LogP contribution in [0.4, 0.5) is 0 Å². The maximum absolute atomic E-state index is 12.8. The van der Waals surface area contributed by atoms with Crippen LogP contribution in [0.15, 0.2) is 84.0 Å². The SMILES string of the molecule is CC(NC(=O)C1CCN(S(=O)(=O)c2cccnc2)CC1)c1ccc(-c2ccccc2)cc1. The first-order chi connectivity index (χ1) is 15.4. The predicted molar refractivity (Wildman–Crippen MR) is 124 cm³/mol. The van der Waals surface area contributed by atoms with Crippen molar-refractivity contribution in [1.82, 2.24) is 14.6 Å². The first kappa shape index (κ1) is 22.2. The number of sulfonamides is 1. The van der Waals surface area contributed by atoms with Crippen LogP contribution in [0.2, 0.25) is 0 Å². The fourth-order valence-corrected chi connectivity index (χ4v) is 5.45. The zero-order chi connectivity index (χ0) is 22.6. The molecule has 1 N–H and O–H groups in total. The van der Waals surface area contributed by atoms with Gasteiger partial charge in [-0.05, 0) is 48.6 Å². The van der Waals surface area contributed by atoms with Gasteiger partial charge in [0.25, 0.3) is 0 Å². The van der Waals surface area contributed by atoms with Crippen molar-refractivity contribution in [3.63, 3.8) is 0 Å². The third kappa shape index (κ3) is 4.89. The van der Waals surface area contributed by atoms with Crippen LogP contribution in [0.5, 0.6) is 0 Å². The van der Waals surface area contributed by atoms with Gasteiger partial charge in [-0.2, -0.15) is 4.31 Å². The molecule has 0 saturated carbocycles. The summed E-state index contributed by atoms with van der Waals surface area (Å²) in [6.07, 6.45) is 3.92. The summed E-state index contributed by atoms with van der Waals surface area (Å²) >= 11 is 0. The molecule has 1 aliphatic heterocycles. The number of hydrogen-bond acceptors (Lipinski definition) is 4. The van der Waals surface area contributed by atoms with Gasteiger partial charge in [-0.25, -0.2) is 8.42 Å². The molecule has 1 amide bonds. The second-order valence-corrected chi connectivity index (χ2v) is 10.0. The normalized spacial score (nSPS) is 16.4. The minimum Gasteiger partial charge on any atom is -0.349 e. The van der Waals surface area contributed by atoms with Crippen LogP contribution in [0, 0.1) is 5.92 Å². The molecule has 1 aliphatic rings. The Hall–Kier alpha value is -3.03. The molecule has 32 heavy (non-hydrogen) atoms. The minimum absolute atomic E-state index is 0.0249. The molecule has 2 heterocycles. The smallest absolute Gasteiger partial charge is 0.244 e. The molecule has 7 heteroatoms. The van der Waals surface area contributed by atoms with E-state index >= 15 is 0 Å². The largest absolute Gasteiger partial charge is 0.349 e. The van der Waals surface area contributed by atoms with Crippen LogP contribution in [-0.2, 0) is 14.8 Å². The average molecular weight is 450 g/mol. The molecule has 1 saturated heterocycles. The third-order valence-electron chi connectivity index (χ3n) is 5.97. The van der Waals surface area contributed by atoms with E-state index in [1.54, 1.807) is 18.3 Å². The first-order valence-corrected chi connectivity index (χ1v) is 12.2. The highest BCUT2D eigenvalue weighted by Crippen LogP contribution is 2.25. The van der Waals surface area contributed by atoms with E-state index in [4.69, 9.17) is 0 Å². The summed E-state index contributed by atoms with van der Waals surface area (Å²) in [4.78, 5) is 16.9. The van der Waals surface area contributed by atoms with Gasteiger partial charge in [0.1, 0.15) is 4.90 Å². The lowest BCUT2D eigenvalue weighted by Crippen LogP contribution is -2.43. The van der Waals surface area contributed by atoms with Crippen molar-refractivity contribution in [3.05, 3.63) is 84.7 Å². The number of rotatable bonds is 6. The van der Waals surface area contributed by atoms with Crippen molar-refractivity contribution in [1.29, 1.82) is 0 Å². The van der Waals surface area contributed by atoms with Crippen molar-refractivity contribution >= 4 is 15.9 Å². The number of carbonyl (C=O) groups is 1. The maximum Gasteiger partial charge on any atom is 0.244 e. The molecule has 0 spiro atoms. The van der Waals surface area contributed by atoms with E-state index in [0.717, 1.165) is 16.7 Å². The molecule has 1 unspecified atom stereocenters. The number of pyridine rings is 1. The molecule has 6 nitrogen and oxygen atoms in total. The lowest BCUT2D eigenvalue weighted by atomic mass is 9.96. The number of hydrogen-bond donors (Lipinski definition) is 1. The van der Waals surface area contributed by atoms with Crippen LogP contribution < -0.4 is 5.32 Å². The predicted octanol–water partition coefficient (Wildman–Crippen LogP) is 4.03. The van der Waals surface area contributed by atoms with Gasteiger partial charge in [0.15, 0.2) is 0 Å². The third-order valence-corrected chi connectivity index (χ3v) is 7.86. The Morgan fingerprint density at radius 2 is 1.62 bits per heavy atom. The van der Waals surface area contributed by atoms with Crippen molar-refractivity contribution in [2.75, 3.05) is 13.1 Å². The number of benzene rings is 2. The van der Waals surface area contributed by atoms with Crippen LogP contribution in [0.3, 0.4) is 0 Å². The highest BCUT2D eigenvalue weighted by Gasteiger charge is 2.32. The van der Waals surface area contributed by atoms with Crippen molar-refractivity contribution in [2.24, 2.45) is 5.92 Å². The quantitative estimate of drug-likeness (QED) is 0.616.